The van der Waals surface area contributed by atoms with Crippen molar-refractivity contribution in [2.24, 2.45) is 0 Å². The first kappa shape index (κ1) is 10.9. The standard InChI is InChI=1S/C10H14BrNO3/c1-9-4-3-5-12(9)7(13)10(2,6-11)15-8(9)14/h3-6H2,1-2H3/t9-,10+/m1/s1. The summed E-state index contributed by atoms with van der Waals surface area (Å²) in [5.41, 5.74) is -1.75. The number of fused-ring (bicyclic) bond motifs is 1. The molecule has 0 saturated carbocycles. The summed E-state index contributed by atoms with van der Waals surface area (Å²) in [6.07, 6.45) is 1.58. The summed E-state index contributed by atoms with van der Waals surface area (Å²) in [6, 6.07) is 0. The van der Waals surface area contributed by atoms with Gasteiger partial charge in [0, 0.05) is 6.54 Å². The average molecular weight is 276 g/mol. The number of hydrogen-bond acceptors (Lipinski definition) is 3. The van der Waals surface area contributed by atoms with Gasteiger partial charge < -0.3 is 9.64 Å². The van der Waals surface area contributed by atoms with Gasteiger partial charge in [0.2, 0.25) is 0 Å². The molecular weight excluding hydrogens is 262 g/mol. The molecular formula is C10H14BrNO3. The number of ether oxygens (including phenoxy) is 1. The third kappa shape index (κ3) is 1.32. The van der Waals surface area contributed by atoms with Crippen molar-refractivity contribution in [3.05, 3.63) is 0 Å². The molecule has 0 aromatic rings. The number of nitrogens with zero attached hydrogens (tertiary/aromatic N) is 1. The van der Waals surface area contributed by atoms with Gasteiger partial charge >= 0.3 is 5.97 Å². The molecule has 2 aliphatic rings. The highest BCUT2D eigenvalue weighted by atomic mass is 79.9. The van der Waals surface area contributed by atoms with Crippen molar-refractivity contribution in [1.29, 1.82) is 0 Å². The first-order valence-electron chi connectivity index (χ1n) is 5.05. The minimum atomic E-state index is -1.03. The van der Waals surface area contributed by atoms with Crippen molar-refractivity contribution in [2.75, 3.05) is 11.9 Å². The molecule has 0 aliphatic carbocycles. The van der Waals surface area contributed by atoms with E-state index in [1.807, 2.05) is 0 Å². The van der Waals surface area contributed by atoms with E-state index in [9.17, 15) is 9.59 Å². The van der Waals surface area contributed by atoms with E-state index in [4.69, 9.17) is 4.74 Å². The summed E-state index contributed by atoms with van der Waals surface area (Å²) in [4.78, 5) is 25.7. The Kier molecular flexibility index (Phi) is 2.33. The van der Waals surface area contributed by atoms with Crippen LogP contribution in [0.5, 0.6) is 0 Å². The number of halogens is 1. The van der Waals surface area contributed by atoms with Crippen LogP contribution in [0.3, 0.4) is 0 Å². The van der Waals surface area contributed by atoms with E-state index in [2.05, 4.69) is 15.9 Å². The molecule has 2 rings (SSSR count). The highest BCUT2D eigenvalue weighted by Gasteiger charge is 2.57. The number of cyclic esters (lactones) is 1. The number of alkyl halides is 1. The summed E-state index contributed by atoms with van der Waals surface area (Å²) in [6.45, 7) is 4.10. The van der Waals surface area contributed by atoms with Gasteiger partial charge in [-0.15, -0.1) is 0 Å². The van der Waals surface area contributed by atoms with Gasteiger partial charge in [-0.3, -0.25) is 4.79 Å². The Labute approximate surface area is 97.1 Å². The Hall–Kier alpha value is -0.580. The number of hydrogen-bond donors (Lipinski definition) is 0. The third-order valence-electron chi connectivity index (χ3n) is 3.35. The summed E-state index contributed by atoms with van der Waals surface area (Å²) in [7, 11) is 0. The SMILES string of the molecule is C[C@@]1(CBr)OC(=O)[C@@]2(C)CCCN2C1=O. The molecule has 0 aromatic carbocycles. The molecule has 1 amide bonds. The summed E-state index contributed by atoms with van der Waals surface area (Å²) < 4.78 is 5.28. The van der Waals surface area contributed by atoms with Crippen molar-refractivity contribution in [1.82, 2.24) is 4.90 Å². The lowest BCUT2D eigenvalue weighted by Crippen LogP contribution is -2.65. The van der Waals surface area contributed by atoms with E-state index in [-0.39, 0.29) is 11.9 Å². The van der Waals surface area contributed by atoms with Crippen LogP contribution in [-0.2, 0) is 14.3 Å². The van der Waals surface area contributed by atoms with Crippen molar-refractivity contribution < 1.29 is 14.3 Å². The van der Waals surface area contributed by atoms with Gasteiger partial charge in [0.15, 0.2) is 5.60 Å². The molecule has 0 aromatic heterocycles. The van der Waals surface area contributed by atoms with E-state index in [0.29, 0.717) is 18.3 Å². The summed E-state index contributed by atoms with van der Waals surface area (Å²) in [5, 5.41) is 0.344. The highest BCUT2D eigenvalue weighted by Crippen LogP contribution is 2.38. The van der Waals surface area contributed by atoms with Crippen molar-refractivity contribution in [2.45, 2.75) is 37.8 Å². The van der Waals surface area contributed by atoms with Crippen LogP contribution in [0.25, 0.3) is 0 Å². The summed E-state index contributed by atoms with van der Waals surface area (Å²) in [5.74, 6) is -0.361. The van der Waals surface area contributed by atoms with Gasteiger partial charge in [-0.05, 0) is 26.7 Å². The summed E-state index contributed by atoms with van der Waals surface area (Å²) >= 11 is 3.22. The third-order valence-corrected chi connectivity index (χ3v) is 4.42. The predicted molar refractivity (Wildman–Crippen MR) is 57.6 cm³/mol. The Morgan fingerprint density at radius 2 is 2.13 bits per heavy atom. The topological polar surface area (TPSA) is 46.6 Å². The van der Waals surface area contributed by atoms with Gasteiger partial charge in [-0.2, -0.15) is 0 Å². The fraction of sp³-hybridized carbons (Fsp3) is 0.800. The monoisotopic (exact) mass is 275 g/mol. The number of esters is 1. The molecule has 2 fully saturated rings. The highest BCUT2D eigenvalue weighted by molar-refractivity contribution is 9.09. The lowest BCUT2D eigenvalue weighted by Gasteiger charge is -2.44. The van der Waals surface area contributed by atoms with Crippen LogP contribution in [0.15, 0.2) is 0 Å². The smallest absolute Gasteiger partial charge is 0.332 e. The van der Waals surface area contributed by atoms with E-state index < -0.39 is 11.1 Å². The molecule has 2 atom stereocenters. The maximum atomic E-state index is 12.1. The van der Waals surface area contributed by atoms with Gasteiger partial charge in [0.05, 0.1) is 5.33 Å². The van der Waals surface area contributed by atoms with Crippen LogP contribution < -0.4 is 0 Å². The number of carbonyl (C=O) groups excluding carboxylic acids is 2. The van der Waals surface area contributed by atoms with Crippen LogP contribution in [0.2, 0.25) is 0 Å². The molecule has 15 heavy (non-hydrogen) atoms. The van der Waals surface area contributed by atoms with Crippen molar-refractivity contribution in [3.63, 3.8) is 0 Å². The molecule has 4 nitrogen and oxygen atoms in total. The Balaban J connectivity index is 2.38. The zero-order chi connectivity index (χ0) is 11.3. The fourth-order valence-electron chi connectivity index (χ4n) is 2.23. The quantitative estimate of drug-likeness (QED) is 0.532. The van der Waals surface area contributed by atoms with Crippen LogP contribution in [-0.4, -0.2) is 39.8 Å². The normalized spacial score (nSPS) is 40.3. The lowest BCUT2D eigenvalue weighted by atomic mass is 9.93. The largest absolute Gasteiger partial charge is 0.447 e. The molecule has 0 spiro atoms. The predicted octanol–water partition coefficient (Wildman–Crippen LogP) is 1.08. The molecule has 2 heterocycles. The first-order valence-corrected chi connectivity index (χ1v) is 6.18. The number of carbonyl (C=O) groups is 2. The van der Waals surface area contributed by atoms with Crippen LogP contribution in [0.1, 0.15) is 26.7 Å². The second-order valence-electron chi connectivity index (χ2n) is 4.59. The lowest BCUT2D eigenvalue weighted by molar-refractivity contribution is -0.193. The Bertz CT molecular complexity index is 333. The van der Waals surface area contributed by atoms with Gasteiger partial charge in [0.1, 0.15) is 5.54 Å². The second-order valence-corrected chi connectivity index (χ2v) is 5.15. The second kappa shape index (κ2) is 3.20. The zero-order valence-corrected chi connectivity index (χ0v) is 10.5. The number of rotatable bonds is 1. The number of morpholine rings is 1. The van der Waals surface area contributed by atoms with Crippen LogP contribution >= 0.6 is 15.9 Å². The molecule has 0 bridgehead atoms. The fourth-order valence-corrected chi connectivity index (χ4v) is 2.58. The molecule has 0 unspecified atom stereocenters. The molecule has 0 N–H and O–H groups in total. The maximum Gasteiger partial charge on any atom is 0.332 e. The van der Waals surface area contributed by atoms with Crippen molar-refractivity contribution >= 4 is 27.8 Å². The van der Waals surface area contributed by atoms with Crippen LogP contribution in [0, 0.1) is 0 Å². The average Bonchev–Trinajstić information content (AvgIpc) is 2.59. The van der Waals surface area contributed by atoms with E-state index >= 15 is 0 Å². The molecule has 2 saturated heterocycles. The van der Waals surface area contributed by atoms with E-state index in [0.717, 1.165) is 6.42 Å². The first-order chi connectivity index (χ1) is 6.94. The zero-order valence-electron chi connectivity index (χ0n) is 8.88. The number of amides is 1. The minimum absolute atomic E-state index is 0.0843. The Morgan fingerprint density at radius 1 is 1.47 bits per heavy atom. The maximum absolute atomic E-state index is 12.1. The van der Waals surface area contributed by atoms with E-state index in [1.54, 1.807) is 18.7 Å². The van der Waals surface area contributed by atoms with Gasteiger partial charge in [0.25, 0.3) is 5.91 Å². The van der Waals surface area contributed by atoms with Gasteiger partial charge in [-0.1, -0.05) is 15.9 Å². The molecule has 2 aliphatic heterocycles. The van der Waals surface area contributed by atoms with Gasteiger partial charge in [-0.25, -0.2) is 4.79 Å². The van der Waals surface area contributed by atoms with Crippen molar-refractivity contribution in [3.8, 4) is 0 Å². The molecule has 0 radical (unpaired) electrons. The molecule has 5 heteroatoms. The Morgan fingerprint density at radius 3 is 2.73 bits per heavy atom. The minimum Gasteiger partial charge on any atom is -0.447 e. The van der Waals surface area contributed by atoms with E-state index in [1.165, 1.54) is 0 Å². The van der Waals surface area contributed by atoms with Crippen LogP contribution in [0.4, 0.5) is 0 Å². The molecule has 84 valence electrons.